The number of morpholine rings is 1. The highest BCUT2D eigenvalue weighted by Crippen LogP contribution is 2.35. The second kappa shape index (κ2) is 14.1. The molecule has 1 atom stereocenters. The molecule has 1 saturated heterocycles. The van der Waals surface area contributed by atoms with Crippen molar-refractivity contribution in [3.63, 3.8) is 0 Å². The van der Waals surface area contributed by atoms with Crippen molar-refractivity contribution in [2.75, 3.05) is 46.0 Å². The van der Waals surface area contributed by atoms with Crippen molar-refractivity contribution in [3.8, 4) is 11.1 Å². The molecule has 2 aromatic carbocycles. The molecular formula is C35H45N5O4. The van der Waals surface area contributed by atoms with Gasteiger partial charge in [0.15, 0.2) is 0 Å². The first kappa shape index (κ1) is 30.5. The molecule has 6 rings (SSSR count). The summed E-state index contributed by atoms with van der Waals surface area (Å²) in [4.78, 5) is 28.7. The van der Waals surface area contributed by atoms with Crippen LogP contribution in [0.5, 0.6) is 0 Å². The van der Waals surface area contributed by atoms with E-state index in [4.69, 9.17) is 14.6 Å². The van der Waals surface area contributed by atoms with Gasteiger partial charge in [-0.1, -0.05) is 42.7 Å². The van der Waals surface area contributed by atoms with Gasteiger partial charge in [0.1, 0.15) is 0 Å². The zero-order valence-corrected chi connectivity index (χ0v) is 26.1. The molecule has 3 aliphatic rings. The van der Waals surface area contributed by atoms with Crippen LogP contribution in [-0.2, 0) is 20.9 Å². The van der Waals surface area contributed by atoms with E-state index in [1.807, 2.05) is 26.1 Å². The predicted molar refractivity (Wildman–Crippen MR) is 171 cm³/mol. The van der Waals surface area contributed by atoms with Crippen molar-refractivity contribution in [3.05, 3.63) is 64.9 Å². The Morgan fingerprint density at radius 2 is 1.89 bits per heavy atom. The molecule has 234 valence electrons. The quantitative estimate of drug-likeness (QED) is 0.301. The van der Waals surface area contributed by atoms with Crippen LogP contribution in [0.4, 0.5) is 0 Å². The minimum absolute atomic E-state index is 0.101. The molecule has 1 aliphatic carbocycles. The number of fused-ring (bicyclic) bond motifs is 1. The Labute approximate surface area is 260 Å². The van der Waals surface area contributed by atoms with Crippen molar-refractivity contribution >= 4 is 22.7 Å². The third kappa shape index (κ3) is 7.06. The Morgan fingerprint density at radius 3 is 2.64 bits per heavy atom. The highest BCUT2D eigenvalue weighted by atomic mass is 16.5. The molecule has 2 aliphatic heterocycles. The number of nitrogens with one attached hydrogen (secondary N) is 2. The number of hydrogen-bond acceptors (Lipinski definition) is 6. The van der Waals surface area contributed by atoms with Crippen LogP contribution >= 0.6 is 0 Å². The van der Waals surface area contributed by atoms with E-state index < -0.39 is 0 Å². The summed E-state index contributed by atoms with van der Waals surface area (Å²) in [7, 11) is 0. The number of carbonyl (C=O) groups excluding carboxylic acids is 2. The Bertz CT molecular complexity index is 1500. The van der Waals surface area contributed by atoms with Gasteiger partial charge in [-0.15, -0.1) is 0 Å². The summed E-state index contributed by atoms with van der Waals surface area (Å²) in [6.07, 6.45) is 8.23. The Kier molecular flexibility index (Phi) is 9.74. The SMILES string of the molecule is CC1=C(CNC(=O)c2cc(-c3ccc(COCCCN4CCOCC4)cc3)cc3c2cnn3C2CCCC2)C(=O)NC(C)C1. The molecule has 0 spiro atoms. The second-order valence-corrected chi connectivity index (χ2v) is 12.6. The minimum Gasteiger partial charge on any atom is -0.379 e. The fourth-order valence-electron chi connectivity index (χ4n) is 6.77. The molecule has 0 bridgehead atoms. The lowest BCUT2D eigenvalue weighted by molar-refractivity contribution is -0.118. The first-order chi connectivity index (χ1) is 21.5. The summed E-state index contributed by atoms with van der Waals surface area (Å²) < 4.78 is 13.5. The fourth-order valence-corrected chi connectivity index (χ4v) is 6.77. The number of aromatic nitrogens is 2. The molecule has 2 N–H and O–H groups in total. The molecule has 2 amide bonds. The van der Waals surface area contributed by atoms with E-state index in [9.17, 15) is 9.59 Å². The minimum atomic E-state index is -0.198. The Morgan fingerprint density at radius 1 is 1.11 bits per heavy atom. The largest absolute Gasteiger partial charge is 0.379 e. The van der Waals surface area contributed by atoms with Crippen molar-refractivity contribution in [2.24, 2.45) is 0 Å². The van der Waals surface area contributed by atoms with Crippen molar-refractivity contribution in [1.82, 2.24) is 25.3 Å². The van der Waals surface area contributed by atoms with Crippen LogP contribution in [0, 0.1) is 0 Å². The standard InChI is InChI=1S/C35H45N5O4/c1-24-18-25(2)38-35(42)31(24)21-36-34(41)30-19-28(20-33-32(30)22-37-40(33)29-6-3-4-7-29)27-10-8-26(9-11-27)23-44-15-5-12-39-13-16-43-17-14-39/h8-11,19-20,22,25,29H,3-7,12-18,21,23H2,1-2H3,(H,36,41)(H,38,42). The van der Waals surface area contributed by atoms with E-state index in [-0.39, 0.29) is 24.4 Å². The molecule has 9 heteroatoms. The van der Waals surface area contributed by atoms with E-state index in [0.717, 1.165) is 98.3 Å². The number of nitrogens with zero attached hydrogens (tertiary/aromatic N) is 3. The van der Waals surface area contributed by atoms with Gasteiger partial charge in [-0.2, -0.15) is 5.10 Å². The van der Waals surface area contributed by atoms with Gasteiger partial charge in [0, 0.05) is 49.8 Å². The molecule has 1 saturated carbocycles. The summed E-state index contributed by atoms with van der Waals surface area (Å²) in [6, 6.07) is 13.0. The van der Waals surface area contributed by atoms with Crippen LogP contribution < -0.4 is 10.6 Å². The van der Waals surface area contributed by atoms with Crippen molar-refractivity contribution in [2.45, 2.75) is 71.1 Å². The maximum Gasteiger partial charge on any atom is 0.252 e. The molecule has 0 radical (unpaired) electrons. The number of benzene rings is 2. The lowest BCUT2D eigenvalue weighted by atomic mass is 9.96. The Balaban J connectivity index is 1.18. The average molecular weight is 600 g/mol. The highest BCUT2D eigenvalue weighted by Gasteiger charge is 2.25. The normalized spacial score (nSPS) is 20.0. The van der Waals surface area contributed by atoms with Gasteiger partial charge in [-0.05, 0) is 68.4 Å². The van der Waals surface area contributed by atoms with E-state index in [1.54, 1.807) is 0 Å². The van der Waals surface area contributed by atoms with Crippen LogP contribution in [0.3, 0.4) is 0 Å². The summed E-state index contributed by atoms with van der Waals surface area (Å²) >= 11 is 0. The van der Waals surface area contributed by atoms with Crippen molar-refractivity contribution < 1.29 is 19.1 Å². The predicted octanol–water partition coefficient (Wildman–Crippen LogP) is 5.01. The second-order valence-electron chi connectivity index (χ2n) is 12.6. The summed E-state index contributed by atoms with van der Waals surface area (Å²) in [5, 5.41) is 11.6. The monoisotopic (exact) mass is 599 g/mol. The van der Waals surface area contributed by atoms with Gasteiger partial charge in [0.2, 0.25) is 5.91 Å². The van der Waals surface area contributed by atoms with E-state index in [1.165, 1.54) is 12.8 Å². The number of ether oxygens (including phenoxy) is 2. The first-order valence-electron chi connectivity index (χ1n) is 16.2. The van der Waals surface area contributed by atoms with Crippen LogP contribution in [0.15, 0.2) is 53.7 Å². The molecule has 1 aromatic heterocycles. The van der Waals surface area contributed by atoms with Crippen molar-refractivity contribution in [1.29, 1.82) is 0 Å². The van der Waals surface area contributed by atoms with Gasteiger partial charge in [-0.25, -0.2) is 0 Å². The van der Waals surface area contributed by atoms with Crippen LogP contribution in [0.2, 0.25) is 0 Å². The zero-order chi connectivity index (χ0) is 30.5. The average Bonchev–Trinajstić information content (AvgIpc) is 3.71. The molecule has 3 heterocycles. The summed E-state index contributed by atoms with van der Waals surface area (Å²) in [6.45, 7) is 10.2. The molecule has 1 unspecified atom stereocenters. The first-order valence-corrected chi connectivity index (χ1v) is 16.2. The van der Waals surface area contributed by atoms with Gasteiger partial charge in [0.25, 0.3) is 5.91 Å². The molecule has 44 heavy (non-hydrogen) atoms. The van der Waals surface area contributed by atoms with E-state index >= 15 is 0 Å². The number of rotatable bonds is 11. The molecular weight excluding hydrogens is 554 g/mol. The Hall–Kier alpha value is -3.53. The number of hydrogen-bond donors (Lipinski definition) is 2. The zero-order valence-electron chi connectivity index (χ0n) is 26.1. The molecule has 9 nitrogen and oxygen atoms in total. The van der Waals surface area contributed by atoms with Gasteiger partial charge in [0.05, 0.1) is 43.1 Å². The number of carbonyl (C=O) groups is 2. The highest BCUT2D eigenvalue weighted by molar-refractivity contribution is 6.08. The summed E-state index contributed by atoms with van der Waals surface area (Å²) in [5.41, 5.74) is 6.36. The van der Waals surface area contributed by atoms with Crippen LogP contribution in [0.25, 0.3) is 22.0 Å². The van der Waals surface area contributed by atoms with Gasteiger partial charge < -0.3 is 20.1 Å². The van der Waals surface area contributed by atoms with Crippen LogP contribution in [0.1, 0.15) is 74.3 Å². The van der Waals surface area contributed by atoms with E-state index in [2.05, 4.69) is 50.5 Å². The van der Waals surface area contributed by atoms with E-state index in [0.29, 0.717) is 23.8 Å². The maximum absolute atomic E-state index is 13.7. The topological polar surface area (TPSA) is 97.7 Å². The third-order valence-corrected chi connectivity index (χ3v) is 9.26. The molecule has 3 aromatic rings. The molecule has 2 fully saturated rings. The fraction of sp³-hybridized carbons (Fsp3) is 0.514. The number of amides is 2. The van der Waals surface area contributed by atoms with Gasteiger partial charge in [-0.3, -0.25) is 19.2 Å². The lowest BCUT2D eigenvalue weighted by Crippen LogP contribution is -2.41. The smallest absolute Gasteiger partial charge is 0.252 e. The maximum atomic E-state index is 13.7. The van der Waals surface area contributed by atoms with Crippen LogP contribution in [-0.4, -0.2) is 78.5 Å². The van der Waals surface area contributed by atoms with Gasteiger partial charge >= 0.3 is 0 Å². The lowest BCUT2D eigenvalue weighted by Gasteiger charge is -2.26. The third-order valence-electron chi connectivity index (χ3n) is 9.26. The summed E-state index contributed by atoms with van der Waals surface area (Å²) in [5.74, 6) is -0.299.